The van der Waals surface area contributed by atoms with Crippen LogP contribution in [0.3, 0.4) is 0 Å². The lowest BCUT2D eigenvalue weighted by Crippen LogP contribution is -2.54. The molecular weight excluding hydrogens is 548 g/mol. The Bertz CT molecular complexity index is 1460. The van der Waals surface area contributed by atoms with Crippen LogP contribution in [0, 0.1) is 0 Å². The Balaban J connectivity index is 1.03. The van der Waals surface area contributed by atoms with Crippen molar-refractivity contribution in [2.75, 3.05) is 32.1 Å². The summed E-state index contributed by atoms with van der Waals surface area (Å²) in [5.74, 6) is -0.236. The molecule has 3 aromatic rings. The van der Waals surface area contributed by atoms with Gasteiger partial charge in [-0.1, -0.05) is 30.3 Å². The van der Waals surface area contributed by atoms with Crippen LogP contribution in [0.1, 0.15) is 52.1 Å². The number of anilines is 1. The monoisotopic (exact) mass is 584 g/mol. The van der Waals surface area contributed by atoms with Gasteiger partial charge in [0.05, 0.1) is 30.3 Å². The van der Waals surface area contributed by atoms with E-state index in [1.807, 2.05) is 18.2 Å². The number of carbonyl (C=O) groups is 3. The summed E-state index contributed by atoms with van der Waals surface area (Å²) in [6, 6.07) is 15.3. The third-order valence-corrected chi connectivity index (χ3v) is 8.36. The first kappa shape index (κ1) is 28.8. The Morgan fingerprint density at radius 2 is 1.93 bits per heavy atom. The highest BCUT2D eigenvalue weighted by Gasteiger charge is 2.39. The molecule has 0 saturated carbocycles. The molecule has 2 N–H and O–H groups in total. The van der Waals surface area contributed by atoms with Crippen LogP contribution in [0.25, 0.3) is 0 Å². The average molecular weight is 585 g/mol. The number of rotatable bonds is 7. The summed E-state index contributed by atoms with van der Waals surface area (Å²) in [6.45, 7) is 2.92. The topological polar surface area (TPSA) is 126 Å². The zero-order valence-corrected chi connectivity index (χ0v) is 24.1. The predicted octanol–water partition coefficient (Wildman–Crippen LogP) is 2.89. The number of likely N-dealkylation sites (tertiary alicyclic amines) is 1. The number of amides is 3. The van der Waals surface area contributed by atoms with E-state index in [-0.39, 0.29) is 54.8 Å². The van der Waals surface area contributed by atoms with Gasteiger partial charge in [0, 0.05) is 50.8 Å². The molecule has 2 saturated heterocycles. The molecule has 0 spiro atoms. The van der Waals surface area contributed by atoms with Crippen LogP contribution < -0.4 is 15.4 Å². The Labute approximate surface area is 250 Å². The minimum absolute atomic E-state index is 0.00684. The van der Waals surface area contributed by atoms with Crippen molar-refractivity contribution in [1.82, 2.24) is 25.1 Å². The molecule has 6 rings (SSSR count). The maximum atomic E-state index is 13.5. The summed E-state index contributed by atoms with van der Waals surface area (Å²) in [7, 11) is 1.76. The Morgan fingerprint density at radius 1 is 1.07 bits per heavy atom. The number of aromatic nitrogens is 2. The fraction of sp³-hybridized carbons (Fsp3) is 0.406. The van der Waals surface area contributed by atoms with Crippen molar-refractivity contribution in [3.8, 4) is 5.75 Å². The maximum Gasteiger partial charge on any atom is 0.275 e. The number of carbonyl (C=O) groups excluding carboxylic acids is 3. The molecule has 11 nitrogen and oxygen atoms in total. The lowest BCUT2D eigenvalue weighted by atomic mass is 9.94. The van der Waals surface area contributed by atoms with Crippen LogP contribution in [-0.4, -0.2) is 88.5 Å². The fourth-order valence-electron chi connectivity index (χ4n) is 6.15. The predicted molar refractivity (Wildman–Crippen MR) is 159 cm³/mol. The molecule has 3 aliphatic heterocycles. The van der Waals surface area contributed by atoms with Crippen molar-refractivity contribution in [1.29, 1.82) is 0 Å². The standard InChI is InChI=1S/C32H36N6O5/c1-37-27-9-8-24(16-30(39)35-23-11-14-38(19-23)18-21-5-3-2-4-6-21)43-29(27)20-42-28-10-7-22(15-25(28)32(37)41)36-31(40)26-17-33-12-13-34-26/h2-7,10,12-13,15,17,23-24,27,29H,8-9,11,14,16,18-20H2,1H3,(H,35,39)(H,36,40)/t23-,24-,27-,29+/m1/s1. The molecule has 3 aliphatic rings. The van der Waals surface area contributed by atoms with E-state index in [0.717, 1.165) is 26.1 Å². The second-order valence-electron chi connectivity index (χ2n) is 11.4. The first-order chi connectivity index (χ1) is 20.9. The van der Waals surface area contributed by atoms with Crippen LogP contribution in [0.2, 0.25) is 0 Å². The molecule has 0 radical (unpaired) electrons. The summed E-state index contributed by atoms with van der Waals surface area (Å²) in [6.07, 6.45) is 6.27. The molecule has 224 valence electrons. The van der Waals surface area contributed by atoms with Gasteiger partial charge in [-0.2, -0.15) is 0 Å². The van der Waals surface area contributed by atoms with Crippen LogP contribution in [0.5, 0.6) is 5.75 Å². The van der Waals surface area contributed by atoms with Gasteiger partial charge in [0.25, 0.3) is 11.8 Å². The van der Waals surface area contributed by atoms with Crippen molar-refractivity contribution in [3.05, 3.63) is 83.9 Å². The van der Waals surface area contributed by atoms with Crippen molar-refractivity contribution in [2.24, 2.45) is 0 Å². The van der Waals surface area contributed by atoms with E-state index in [0.29, 0.717) is 29.8 Å². The number of nitrogens with one attached hydrogen (secondary N) is 2. The van der Waals surface area contributed by atoms with Gasteiger partial charge in [0.1, 0.15) is 24.2 Å². The van der Waals surface area contributed by atoms with Crippen LogP contribution in [-0.2, 0) is 16.1 Å². The minimum atomic E-state index is -0.422. The number of hydrogen-bond acceptors (Lipinski definition) is 8. The summed E-state index contributed by atoms with van der Waals surface area (Å²) in [5.41, 5.74) is 2.26. The quantitative estimate of drug-likeness (QED) is 0.434. The molecule has 0 aliphatic carbocycles. The number of nitrogens with zero attached hydrogens (tertiary/aromatic N) is 4. The number of likely N-dealkylation sites (N-methyl/N-ethyl adjacent to an activating group) is 1. The molecule has 3 amide bonds. The number of hydrogen-bond donors (Lipinski definition) is 2. The number of ether oxygens (including phenoxy) is 2. The van der Waals surface area contributed by atoms with Crippen molar-refractivity contribution < 1.29 is 23.9 Å². The fourth-order valence-corrected chi connectivity index (χ4v) is 6.15. The molecule has 0 unspecified atom stereocenters. The molecule has 4 atom stereocenters. The molecular formula is C32H36N6O5. The first-order valence-electron chi connectivity index (χ1n) is 14.8. The highest BCUT2D eigenvalue weighted by Crippen LogP contribution is 2.32. The normalized spacial score (nSPS) is 23.7. The first-order valence-corrected chi connectivity index (χ1v) is 14.8. The second-order valence-corrected chi connectivity index (χ2v) is 11.4. The van der Waals surface area contributed by atoms with E-state index < -0.39 is 5.91 Å². The van der Waals surface area contributed by atoms with Crippen molar-refractivity contribution in [3.63, 3.8) is 0 Å². The summed E-state index contributed by atoms with van der Waals surface area (Å²) < 4.78 is 12.4. The Kier molecular flexibility index (Phi) is 8.62. The third-order valence-electron chi connectivity index (χ3n) is 8.36. The van der Waals surface area contributed by atoms with Gasteiger partial charge in [-0.25, -0.2) is 4.98 Å². The third kappa shape index (κ3) is 6.84. The highest BCUT2D eigenvalue weighted by molar-refractivity contribution is 6.04. The van der Waals surface area contributed by atoms with Crippen molar-refractivity contribution in [2.45, 2.75) is 56.5 Å². The highest BCUT2D eigenvalue weighted by atomic mass is 16.5. The van der Waals surface area contributed by atoms with E-state index in [1.54, 1.807) is 30.1 Å². The van der Waals surface area contributed by atoms with Gasteiger partial charge in [-0.05, 0) is 43.0 Å². The molecule has 43 heavy (non-hydrogen) atoms. The van der Waals surface area contributed by atoms with Crippen LogP contribution in [0.4, 0.5) is 5.69 Å². The van der Waals surface area contributed by atoms with E-state index in [4.69, 9.17) is 9.47 Å². The van der Waals surface area contributed by atoms with Crippen LogP contribution >= 0.6 is 0 Å². The lowest BCUT2D eigenvalue weighted by Gasteiger charge is -2.42. The largest absolute Gasteiger partial charge is 0.490 e. The molecule has 11 heteroatoms. The zero-order chi connectivity index (χ0) is 29.8. The van der Waals surface area contributed by atoms with Gasteiger partial charge < -0.3 is 25.0 Å². The van der Waals surface area contributed by atoms with E-state index >= 15 is 0 Å². The Morgan fingerprint density at radius 3 is 2.74 bits per heavy atom. The van der Waals surface area contributed by atoms with Gasteiger partial charge in [-0.15, -0.1) is 0 Å². The van der Waals surface area contributed by atoms with Gasteiger partial charge in [-0.3, -0.25) is 24.3 Å². The van der Waals surface area contributed by atoms with E-state index in [2.05, 4.69) is 37.6 Å². The van der Waals surface area contributed by atoms with Gasteiger partial charge in [0.15, 0.2) is 0 Å². The maximum absolute atomic E-state index is 13.5. The number of benzene rings is 2. The second kappa shape index (κ2) is 12.9. The average Bonchev–Trinajstić information content (AvgIpc) is 3.46. The van der Waals surface area contributed by atoms with E-state index in [9.17, 15) is 14.4 Å². The van der Waals surface area contributed by atoms with Gasteiger partial charge in [0.2, 0.25) is 5.91 Å². The molecule has 2 aromatic carbocycles. The SMILES string of the molecule is CN1C(=O)c2cc(NC(=O)c3cnccn3)ccc2OC[C@@H]2O[C@@H](CC(=O)N[C@@H]3CCN(Cc4ccccc4)C3)CC[C@H]21. The molecule has 2 fully saturated rings. The van der Waals surface area contributed by atoms with Gasteiger partial charge >= 0.3 is 0 Å². The molecule has 0 bridgehead atoms. The summed E-state index contributed by atoms with van der Waals surface area (Å²) >= 11 is 0. The van der Waals surface area contributed by atoms with Crippen molar-refractivity contribution >= 4 is 23.4 Å². The Hall–Kier alpha value is -4.35. The zero-order valence-electron chi connectivity index (χ0n) is 24.1. The smallest absolute Gasteiger partial charge is 0.275 e. The number of fused-ring (bicyclic) bond motifs is 2. The van der Waals surface area contributed by atoms with E-state index in [1.165, 1.54) is 24.2 Å². The lowest BCUT2D eigenvalue weighted by molar-refractivity contribution is -0.134. The molecule has 1 aromatic heterocycles. The minimum Gasteiger partial charge on any atom is -0.490 e. The summed E-state index contributed by atoms with van der Waals surface area (Å²) in [4.78, 5) is 51.0. The summed E-state index contributed by atoms with van der Waals surface area (Å²) in [5, 5.41) is 5.97. The van der Waals surface area contributed by atoms with Crippen LogP contribution in [0.15, 0.2) is 67.1 Å². The molecule has 4 heterocycles.